The van der Waals surface area contributed by atoms with E-state index in [1.54, 1.807) is 18.2 Å². The van der Waals surface area contributed by atoms with Gasteiger partial charge in [0.05, 0.1) is 5.02 Å². The zero-order valence-corrected chi connectivity index (χ0v) is 13.3. The lowest BCUT2D eigenvalue weighted by Gasteiger charge is -2.17. The minimum absolute atomic E-state index is 0. The summed E-state index contributed by atoms with van der Waals surface area (Å²) in [4.78, 5) is 0.121. The van der Waals surface area contributed by atoms with E-state index in [1.807, 2.05) is 0 Å². The van der Waals surface area contributed by atoms with Gasteiger partial charge in [-0.05, 0) is 34.5 Å². The van der Waals surface area contributed by atoms with E-state index in [0.717, 1.165) is 0 Å². The number of hydrogen-bond donors (Lipinski definition) is 1. The van der Waals surface area contributed by atoms with Crippen LogP contribution in [0.3, 0.4) is 0 Å². The van der Waals surface area contributed by atoms with Crippen LogP contribution >= 0.6 is 39.9 Å². The highest BCUT2D eigenvalue weighted by Gasteiger charge is 2.33. The molecule has 1 fully saturated rings. The first kappa shape index (κ1) is 16.2. The number of rotatable bonds is 2. The van der Waals surface area contributed by atoms with Crippen LogP contribution in [-0.2, 0) is 10.0 Å². The molecule has 1 saturated heterocycles. The summed E-state index contributed by atoms with van der Waals surface area (Å²) in [7, 11) is -3.56. The second-order valence-electron chi connectivity index (χ2n) is 3.96. The van der Waals surface area contributed by atoms with Crippen molar-refractivity contribution in [2.75, 3.05) is 13.1 Å². The van der Waals surface area contributed by atoms with Crippen LogP contribution in [0.2, 0.25) is 5.02 Å². The monoisotopic (exact) mass is 374 g/mol. The van der Waals surface area contributed by atoms with Crippen molar-refractivity contribution in [3.8, 4) is 0 Å². The van der Waals surface area contributed by atoms with Crippen LogP contribution in [0, 0.1) is 0 Å². The molecule has 1 unspecified atom stereocenters. The van der Waals surface area contributed by atoms with Gasteiger partial charge in [-0.25, -0.2) is 8.42 Å². The average molecular weight is 376 g/mol. The number of halogens is 3. The predicted octanol–water partition coefficient (Wildman–Crippen LogP) is 2.25. The zero-order valence-electron chi connectivity index (χ0n) is 9.34. The summed E-state index contributed by atoms with van der Waals surface area (Å²) in [5.74, 6) is 0. The molecule has 2 rings (SSSR count). The molecule has 0 aliphatic carbocycles. The topological polar surface area (TPSA) is 63.4 Å². The Hall–Kier alpha value is 0.150. The second-order valence-corrected chi connectivity index (χ2v) is 7.10. The highest BCUT2D eigenvalue weighted by Crippen LogP contribution is 2.32. The van der Waals surface area contributed by atoms with Gasteiger partial charge in [0.15, 0.2) is 0 Å². The quantitative estimate of drug-likeness (QED) is 0.862. The molecular weight excluding hydrogens is 363 g/mol. The van der Waals surface area contributed by atoms with E-state index in [2.05, 4.69) is 15.9 Å². The van der Waals surface area contributed by atoms with Gasteiger partial charge in [0.2, 0.25) is 10.0 Å². The van der Waals surface area contributed by atoms with Crippen molar-refractivity contribution in [3.63, 3.8) is 0 Å². The van der Waals surface area contributed by atoms with Gasteiger partial charge in [-0.2, -0.15) is 4.31 Å². The molecule has 0 saturated carbocycles. The molecule has 102 valence electrons. The Morgan fingerprint density at radius 3 is 2.61 bits per heavy atom. The Kier molecular flexibility index (Phi) is 5.46. The molecule has 0 radical (unpaired) electrons. The Balaban J connectivity index is 0.00000162. The van der Waals surface area contributed by atoms with Crippen molar-refractivity contribution < 1.29 is 8.42 Å². The lowest BCUT2D eigenvalue weighted by atomic mass is 10.3. The molecule has 2 N–H and O–H groups in total. The lowest BCUT2D eigenvalue weighted by Crippen LogP contribution is -2.32. The van der Waals surface area contributed by atoms with Crippen LogP contribution in [0.5, 0.6) is 0 Å². The van der Waals surface area contributed by atoms with Crippen molar-refractivity contribution in [2.45, 2.75) is 17.4 Å². The van der Waals surface area contributed by atoms with Gasteiger partial charge in [0, 0.05) is 23.6 Å². The van der Waals surface area contributed by atoms with E-state index >= 15 is 0 Å². The molecule has 1 aromatic carbocycles. The lowest BCUT2D eigenvalue weighted by molar-refractivity contribution is 0.472. The normalized spacial score (nSPS) is 20.7. The van der Waals surface area contributed by atoms with Crippen LogP contribution in [0.25, 0.3) is 0 Å². The Morgan fingerprint density at radius 1 is 1.44 bits per heavy atom. The van der Waals surface area contributed by atoms with Gasteiger partial charge < -0.3 is 5.73 Å². The second kappa shape index (κ2) is 6.07. The predicted molar refractivity (Wildman–Crippen MR) is 77.8 cm³/mol. The maximum absolute atomic E-state index is 12.4. The van der Waals surface area contributed by atoms with E-state index in [1.165, 1.54) is 4.31 Å². The van der Waals surface area contributed by atoms with Crippen molar-refractivity contribution in [1.82, 2.24) is 4.31 Å². The van der Waals surface area contributed by atoms with Gasteiger partial charge in [0.1, 0.15) is 4.90 Å². The van der Waals surface area contributed by atoms with E-state index in [9.17, 15) is 8.42 Å². The van der Waals surface area contributed by atoms with Crippen molar-refractivity contribution in [3.05, 3.63) is 27.7 Å². The minimum atomic E-state index is -3.56. The van der Waals surface area contributed by atoms with E-state index in [4.69, 9.17) is 17.3 Å². The molecule has 0 bridgehead atoms. The molecule has 18 heavy (non-hydrogen) atoms. The molecule has 1 aromatic rings. The zero-order chi connectivity index (χ0) is 12.6. The first-order valence-electron chi connectivity index (χ1n) is 5.12. The summed E-state index contributed by atoms with van der Waals surface area (Å²) in [5.41, 5.74) is 5.73. The van der Waals surface area contributed by atoms with Crippen LogP contribution in [0.15, 0.2) is 27.6 Å². The Bertz CT molecular complexity index is 518. The molecule has 1 aliphatic heterocycles. The fraction of sp³-hybridized carbons (Fsp3) is 0.400. The third kappa shape index (κ3) is 3.00. The third-order valence-corrected chi connectivity index (χ3v) is 6.02. The highest BCUT2D eigenvalue weighted by molar-refractivity contribution is 9.10. The number of hydrogen-bond acceptors (Lipinski definition) is 3. The smallest absolute Gasteiger partial charge is 0.245 e. The minimum Gasteiger partial charge on any atom is -0.326 e. The van der Waals surface area contributed by atoms with Crippen molar-refractivity contribution in [1.29, 1.82) is 0 Å². The highest BCUT2D eigenvalue weighted by atomic mass is 79.9. The fourth-order valence-corrected chi connectivity index (χ4v) is 5.01. The summed E-state index contributed by atoms with van der Waals surface area (Å²) in [6, 6.07) is 4.83. The van der Waals surface area contributed by atoms with Crippen LogP contribution in [0.1, 0.15) is 6.42 Å². The Labute approximate surface area is 126 Å². The van der Waals surface area contributed by atoms with Crippen molar-refractivity contribution in [2.24, 2.45) is 5.73 Å². The van der Waals surface area contributed by atoms with Gasteiger partial charge in [-0.3, -0.25) is 0 Å². The van der Waals surface area contributed by atoms with Crippen molar-refractivity contribution >= 4 is 50.0 Å². The maximum atomic E-state index is 12.4. The van der Waals surface area contributed by atoms with Crippen LogP contribution < -0.4 is 5.73 Å². The van der Waals surface area contributed by atoms with Gasteiger partial charge in [-0.15, -0.1) is 12.4 Å². The number of nitrogens with two attached hydrogens (primary N) is 1. The summed E-state index contributed by atoms with van der Waals surface area (Å²) in [6.07, 6.45) is 0.682. The molecule has 0 amide bonds. The van der Waals surface area contributed by atoms with Crippen LogP contribution in [-0.4, -0.2) is 31.9 Å². The molecule has 4 nitrogen and oxygen atoms in total. The molecule has 8 heteroatoms. The van der Waals surface area contributed by atoms with Gasteiger partial charge >= 0.3 is 0 Å². The number of sulfonamides is 1. The molecule has 0 aromatic heterocycles. The first-order chi connectivity index (χ1) is 7.93. The van der Waals surface area contributed by atoms with E-state index in [-0.39, 0.29) is 28.4 Å². The number of benzene rings is 1. The number of nitrogens with zero attached hydrogens (tertiary/aromatic N) is 1. The third-order valence-electron chi connectivity index (χ3n) is 2.70. The first-order valence-corrected chi connectivity index (χ1v) is 7.74. The average Bonchev–Trinajstić information content (AvgIpc) is 2.64. The Morgan fingerprint density at radius 2 is 2.11 bits per heavy atom. The maximum Gasteiger partial charge on any atom is 0.245 e. The van der Waals surface area contributed by atoms with Gasteiger partial charge in [-0.1, -0.05) is 17.7 Å². The molecule has 1 aliphatic rings. The molecular formula is C10H13BrCl2N2O2S. The van der Waals surface area contributed by atoms with E-state index in [0.29, 0.717) is 24.0 Å². The summed E-state index contributed by atoms with van der Waals surface area (Å²) < 4.78 is 26.6. The van der Waals surface area contributed by atoms with Crippen LogP contribution in [0.4, 0.5) is 0 Å². The summed E-state index contributed by atoms with van der Waals surface area (Å²) >= 11 is 9.19. The molecule has 1 heterocycles. The standard InChI is InChI=1S/C10H12BrClN2O2S.ClH/c11-8-2-1-3-9(12)10(8)17(15,16)14-5-4-7(13)6-14;/h1-3,7H,4-6,13H2;1H. The van der Waals surface area contributed by atoms with E-state index < -0.39 is 10.0 Å². The SMILES string of the molecule is Cl.NC1CCN(S(=O)(=O)c2c(Cl)cccc2Br)C1. The fourth-order valence-electron chi connectivity index (χ4n) is 1.83. The van der Waals surface area contributed by atoms with Gasteiger partial charge in [0.25, 0.3) is 0 Å². The largest absolute Gasteiger partial charge is 0.326 e. The summed E-state index contributed by atoms with van der Waals surface area (Å²) in [5, 5.41) is 0.222. The summed E-state index contributed by atoms with van der Waals surface area (Å²) in [6.45, 7) is 0.793. The molecule has 0 spiro atoms. The molecule has 1 atom stereocenters.